The Morgan fingerprint density at radius 1 is 0.679 bits per heavy atom. The van der Waals surface area contributed by atoms with Gasteiger partial charge in [0.05, 0.1) is 14.2 Å². The minimum Gasteiger partial charge on any atom is -0.493 e. The molecule has 3 heteroatoms. The number of fused-ring (bicyclic) bond motifs is 3. The smallest absolute Gasteiger partial charge is 0.160 e. The Morgan fingerprint density at radius 2 is 1.32 bits per heavy atom. The fourth-order valence-electron chi connectivity index (χ4n) is 4.06. The molecule has 3 nitrogen and oxygen atoms in total. The summed E-state index contributed by atoms with van der Waals surface area (Å²) < 4.78 is 13.2. The monoisotopic (exact) mass is 373 g/mol. The van der Waals surface area contributed by atoms with E-state index < -0.39 is 0 Å². The van der Waals surface area contributed by atoms with Crippen LogP contribution in [0, 0.1) is 0 Å². The summed E-state index contributed by atoms with van der Waals surface area (Å²) >= 11 is 0. The molecule has 0 saturated heterocycles. The van der Waals surface area contributed by atoms with Crippen molar-refractivity contribution in [2.24, 2.45) is 0 Å². The number of nitrogens with zero attached hydrogens (tertiary/aromatic N) is 1. The minimum absolute atomic E-state index is 0.789. The SMILES string of the molecule is COc1ccc(CCCCCn2c3ccccc3c3ccccc32)cc1OC. The van der Waals surface area contributed by atoms with Crippen LogP contribution in [0.3, 0.4) is 0 Å². The van der Waals surface area contributed by atoms with Gasteiger partial charge in [-0.05, 0) is 49.1 Å². The van der Waals surface area contributed by atoms with E-state index in [2.05, 4.69) is 65.2 Å². The van der Waals surface area contributed by atoms with Gasteiger partial charge in [0.15, 0.2) is 11.5 Å². The first-order valence-corrected chi connectivity index (χ1v) is 9.98. The van der Waals surface area contributed by atoms with Crippen LogP contribution in [-0.2, 0) is 13.0 Å². The van der Waals surface area contributed by atoms with Crippen molar-refractivity contribution >= 4 is 21.8 Å². The molecule has 0 radical (unpaired) electrons. The van der Waals surface area contributed by atoms with Crippen molar-refractivity contribution < 1.29 is 9.47 Å². The lowest BCUT2D eigenvalue weighted by Crippen LogP contribution is -1.98. The second-order valence-corrected chi connectivity index (χ2v) is 7.19. The fourth-order valence-corrected chi connectivity index (χ4v) is 4.06. The van der Waals surface area contributed by atoms with Gasteiger partial charge in [-0.25, -0.2) is 0 Å². The molecule has 0 saturated carbocycles. The number of unbranched alkanes of at least 4 members (excludes halogenated alkanes) is 2. The van der Waals surface area contributed by atoms with E-state index in [0.29, 0.717) is 0 Å². The van der Waals surface area contributed by atoms with Crippen LogP contribution in [0.4, 0.5) is 0 Å². The Bertz CT molecular complexity index is 1030. The number of rotatable bonds is 8. The van der Waals surface area contributed by atoms with E-state index >= 15 is 0 Å². The first-order chi connectivity index (χ1) is 13.8. The summed E-state index contributed by atoms with van der Waals surface area (Å²) in [7, 11) is 3.36. The summed E-state index contributed by atoms with van der Waals surface area (Å²) in [6.07, 6.45) is 4.62. The molecule has 0 atom stereocenters. The highest BCUT2D eigenvalue weighted by molar-refractivity contribution is 6.07. The third kappa shape index (κ3) is 3.57. The first-order valence-electron chi connectivity index (χ1n) is 9.98. The van der Waals surface area contributed by atoms with Crippen LogP contribution in [0.1, 0.15) is 24.8 Å². The first kappa shape index (κ1) is 18.4. The molecule has 4 aromatic rings. The maximum Gasteiger partial charge on any atom is 0.160 e. The van der Waals surface area contributed by atoms with Gasteiger partial charge in [-0.15, -0.1) is 0 Å². The molecule has 4 rings (SSSR count). The molecule has 1 heterocycles. The quantitative estimate of drug-likeness (QED) is 0.342. The second-order valence-electron chi connectivity index (χ2n) is 7.19. The molecule has 0 bridgehead atoms. The minimum atomic E-state index is 0.789. The lowest BCUT2D eigenvalue weighted by atomic mass is 10.1. The van der Waals surface area contributed by atoms with Crippen LogP contribution in [0.5, 0.6) is 11.5 Å². The molecule has 1 aromatic heterocycles. The maximum absolute atomic E-state index is 5.41. The Balaban J connectivity index is 1.39. The summed E-state index contributed by atoms with van der Waals surface area (Å²) in [6, 6.07) is 23.7. The standard InChI is InChI=1S/C25H27NO2/c1-27-24-16-15-19(18-25(24)28-2)10-4-3-9-17-26-22-13-7-5-11-20(22)21-12-6-8-14-23(21)26/h5-8,11-16,18H,3-4,9-10,17H2,1-2H3. The number of ether oxygens (including phenoxy) is 2. The molecule has 144 valence electrons. The van der Waals surface area contributed by atoms with Crippen LogP contribution < -0.4 is 9.47 Å². The van der Waals surface area contributed by atoms with Gasteiger partial charge >= 0.3 is 0 Å². The predicted molar refractivity (Wildman–Crippen MR) is 117 cm³/mol. The van der Waals surface area contributed by atoms with Crippen LogP contribution in [0.15, 0.2) is 66.7 Å². The average Bonchev–Trinajstić information content (AvgIpc) is 3.07. The normalized spacial score (nSPS) is 11.2. The van der Waals surface area contributed by atoms with Crippen molar-refractivity contribution in [2.75, 3.05) is 14.2 Å². The molecule has 0 spiro atoms. The molecular formula is C25H27NO2. The summed E-state index contributed by atoms with van der Waals surface area (Å²) in [5, 5.41) is 2.70. The number of aromatic nitrogens is 1. The van der Waals surface area contributed by atoms with E-state index in [0.717, 1.165) is 24.5 Å². The van der Waals surface area contributed by atoms with E-state index in [-0.39, 0.29) is 0 Å². The van der Waals surface area contributed by atoms with Gasteiger partial charge in [0, 0.05) is 28.4 Å². The summed E-state index contributed by atoms with van der Waals surface area (Å²) in [4.78, 5) is 0. The molecule has 28 heavy (non-hydrogen) atoms. The molecule has 0 aliphatic rings. The second kappa shape index (κ2) is 8.39. The number of hydrogen-bond donors (Lipinski definition) is 0. The molecule has 0 amide bonds. The van der Waals surface area contributed by atoms with Crippen molar-refractivity contribution in [3.05, 3.63) is 72.3 Å². The van der Waals surface area contributed by atoms with Crippen LogP contribution in [0.25, 0.3) is 21.8 Å². The molecule has 0 N–H and O–H groups in total. The summed E-state index contributed by atoms with van der Waals surface area (Å²) in [6.45, 7) is 1.06. The van der Waals surface area contributed by atoms with E-state index in [1.54, 1.807) is 14.2 Å². The fraction of sp³-hybridized carbons (Fsp3) is 0.280. The van der Waals surface area contributed by atoms with E-state index in [1.165, 1.54) is 46.6 Å². The molecule has 3 aromatic carbocycles. The number of benzene rings is 3. The lowest BCUT2D eigenvalue weighted by Gasteiger charge is -2.10. The van der Waals surface area contributed by atoms with Crippen LogP contribution in [0.2, 0.25) is 0 Å². The van der Waals surface area contributed by atoms with Gasteiger partial charge in [0.1, 0.15) is 0 Å². The maximum atomic E-state index is 5.41. The molecular weight excluding hydrogens is 346 g/mol. The summed E-state index contributed by atoms with van der Waals surface area (Å²) in [5.41, 5.74) is 3.97. The van der Waals surface area contributed by atoms with Gasteiger partial charge in [-0.2, -0.15) is 0 Å². The number of aryl methyl sites for hydroxylation is 2. The van der Waals surface area contributed by atoms with Crippen molar-refractivity contribution in [3.63, 3.8) is 0 Å². The van der Waals surface area contributed by atoms with Gasteiger partial charge in [0.25, 0.3) is 0 Å². The zero-order valence-corrected chi connectivity index (χ0v) is 16.7. The highest BCUT2D eigenvalue weighted by Crippen LogP contribution is 2.30. The van der Waals surface area contributed by atoms with Gasteiger partial charge in [0.2, 0.25) is 0 Å². The Hall–Kier alpha value is -2.94. The molecule has 0 aliphatic carbocycles. The zero-order valence-electron chi connectivity index (χ0n) is 16.7. The lowest BCUT2D eigenvalue weighted by molar-refractivity contribution is 0.354. The van der Waals surface area contributed by atoms with E-state index in [1.807, 2.05) is 6.07 Å². The predicted octanol–water partition coefficient (Wildman–Crippen LogP) is 6.22. The third-order valence-corrected chi connectivity index (χ3v) is 5.47. The van der Waals surface area contributed by atoms with E-state index in [4.69, 9.17) is 9.47 Å². The number of hydrogen-bond acceptors (Lipinski definition) is 2. The largest absolute Gasteiger partial charge is 0.493 e. The number of methoxy groups -OCH3 is 2. The number of para-hydroxylation sites is 2. The van der Waals surface area contributed by atoms with Crippen molar-refractivity contribution in [3.8, 4) is 11.5 Å². The molecule has 0 aliphatic heterocycles. The van der Waals surface area contributed by atoms with Gasteiger partial charge < -0.3 is 14.0 Å². The van der Waals surface area contributed by atoms with Crippen molar-refractivity contribution in [1.82, 2.24) is 4.57 Å². The third-order valence-electron chi connectivity index (χ3n) is 5.47. The Kier molecular flexibility index (Phi) is 5.52. The van der Waals surface area contributed by atoms with E-state index in [9.17, 15) is 0 Å². The Labute approximate surface area is 166 Å². The molecule has 0 unspecified atom stereocenters. The Morgan fingerprint density at radius 3 is 1.96 bits per heavy atom. The van der Waals surface area contributed by atoms with Crippen LogP contribution in [-0.4, -0.2) is 18.8 Å². The highest BCUT2D eigenvalue weighted by atomic mass is 16.5. The van der Waals surface area contributed by atoms with Crippen LogP contribution >= 0.6 is 0 Å². The average molecular weight is 373 g/mol. The van der Waals surface area contributed by atoms with Crippen molar-refractivity contribution in [2.45, 2.75) is 32.2 Å². The van der Waals surface area contributed by atoms with Gasteiger partial charge in [-0.3, -0.25) is 0 Å². The summed E-state index contributed by atoms with van der Waals surface area (Å²) in [5.74, 6) is 1.60. The van der Waals surface area contributed by atoms with Crippen molar-refractivity contribution in [1.29, 1.82) is 0 Å². The molecule has 0 fully saturated rings. The topological polar surface area (TPSA) is 23.4 Å². The highest BCUT2D eigenvalue weighted by Gasteiger charge is 2.09. The zero-order chi connectivity index (χ0) is 19.3. The van der Waals surface area contributed by atoms with Gasteiger partial charge in [-0.1, -0.05) is 48.9 Å².